The second-order valence-corrected chi connectivity index (χ2v) is 11.0. The van der Waals surface area contributed by atoms with Gasteiger partial charge in [0.25, 0.3) is 11.8 Å². The lowest BCUT2D eigenvalue weighted by molar-refractivity contribution is -0.139. The van der Waals surface area contributed by atoms with Gasteiger partial charge < -0.3 is 19.3 Å². The summed E-state index contributed by atoms with van der Waals surface area (Å²) >= 11 is 14.2. The number of halogens is 2. The number of methoxy groups -OCH3 is 3. The molecule has 2 aliphatic heterocycles. The molecular formula is C25H24Cl2N2O9. The Balaban J connectivity index is 1.78. The Kier molecular flexibility index (Phi) is 5.96. The number of fused-ring (bicyclic) bond motifs is 4. The number of aromatic hydroxyl groups is 1. The maximum Gasteiger partial charge on any atom is 0.423 e. The predicted octanol–water partition coefficient (Wildman–Crippen LogP) is 2.16. The maximum atomic E-state index is 13.7. The minimum absolute atomic E-state index is 0.0635. The quantitative estimate of drug-likeness (QED) is 0.331. The highest BCUT2D eigenvalue weighted by Gasteiger charge is 2.76. The van der Waals surface area contributed by atoms with Crippen LogP contribution in [0.5, 0.6) is 17.2 Å². The molecule has 2 saturated heterocycles. The number of imide groups is 4. The van der Waals surface area contributed by atoms with Gasteiger partial charge in [0.15, 0.2) is 9.75 Å². The molecule has 0 radical (unpaired) electrons. The molecule has 5 amide bonds. The second kappa shape index (κ2) is 8.60. The van der Waals surface area contributed by atoms with Gasteiger partial charge in [-0.2, -0.15) is 4.90 Å². The number of carbonyl (C=O) groups is 5. The SMILES string of the molecule is COC(=O)N1C(=O)[C@H]2[C@H](CC=C3[C@H]2C[C@@]2(Cl)C(=O)N(C)C(=O)[C@@]2(Cl)[C@H]3c2c(OC)cc(O)cc2OC)C1=O. The lowest BCUT2D eigenvalue weighted by Gasteiger charge is -2.51. The molecule has 0 spiro atoms. The second-order valence-electron chi connectivity index (χ2n) is 9.74. The molecular weight excluding hydrogens is 543 g/mol. The Labute approximate surface area is 227 Å². The van der Waals surface area contributed by atoms with Gasteiger partial charge in [0.1, 0.15) is 17.2 Å². The van der Waals surface area contributed by atoms with Crippen LogP contribution in [0.1, 0.15) is 24.3 Å². The van der Waals surface area contributed by atoms with E-state index < -0.39 is 63.1 Å². The summed E-state index contributed by atoms with van der Waals surface area (Å²) in [5.41, 5.74) is 0.712. The molecule has 0 unspecified atom stereocenters. The first-order valence-corrected chi connectivity index (χ1v) is 12.5. The van der Waals surface area contributed by atoms with Gasteiger partial charge in [0.05, 0.1) is 33.2 Å². The van der Waals surface area contributed by atoms with Crippen LogP contribution in [0, 0.1) is 17.8 Å². The molecule has 2 aliphatic carbocycles. The fourth-order valence-electron chi connectivity index (χ4n) is 6.54. The third-order valence-electron chi connectivity index (χ3n) is 8.19. The highest BCUT2D eigenvalue weighted by Crippen LogP contribution is 2.67. The average molecular weight is 567 g/mol. The van der Waals surface area contributed by atoms with Crippen LogP contribution in [-0.2, 0) is 23.9 Å². The maximum absolute atomic E-state index is 13.7. The number of phenolic OH excluding ortho intramolecular Hbond substituents is 1. The Morgan fingerprint density at radius 1 is 1.00 bits per heavy atom. The van der Waals surface area contributed by atoms with Crippen molar-refractivity contribution < 1.29 is 43.3 Å². The number of likely N-dealkylation sites (tertiary alicyclic amines) is 2. The first-order valence-electron chi connectivity index (χ1n) is 11.7. The van der Waals surface area contributed by atoms with Crippen molar-refractivity contribution in [2.24, 2.45) is 17.8 Å². The number of benzene rings is 1. The standard InChI is InChI=1S/C25H24Cl2N2O9/c1-28-21(33)24(26)9-13-11(5-6-12-16(13)20(32)29(19(12)31)23(35)38-4)18(25(24,27)22(28)34)17-14(36-2)7-10(30)8-15(17)37-3/h5,7-8,12-13,16,18,30H,6,9H2,1-4H3/t12-,13+,16-,18+,24+,25-/m0/s1. The molecule has 5 rings (SSSR count). The number of amides is 5. The molecule has 6 atom stereocenters. The molecule has 202 valence electrons. The lowest BCUT2D eigenvalue weighted by Crippen LogP contribution is -2.60. The third kappa shape index (κ3) is 3.05. The first kappa shape index (κ1) is 26.3. The highest BCUT2D eigenvalue weighted by molar-refractivity contribution is 6.53. The van der Waals surface area contributed by atoms with Crippen molar-refractivity contribution >= 4 is 52.9 Å². The summed E-state index contributed by atoms with van der Waals surface area (Å²) < 4.78 is 15.7. The number of hydrogen-bond acceptors (Lipinski definition) is 9. The van der Waals surface area contributed by atoms with Crippen LogP contribution in [0.3, 0.4) is 0 Å². The number of nitrogens with zero attached hydrogens (tertiary/aromatic N) is 2. The van der Waals surface area contributed by atoms with Crippen LogP contribution in [0.4, 0.5) is 4.79 Å². The van der Waals surface area contributed by atoms with Crippen LogP contribution >= 0.6 is 23.2 Å². The van der Waals surface area contributed by atoms with E-state index in [2.05, 4.69) is 4.74 Å². The number of hydrogen-bond donors (Lipinski definition) is 1. The average Bonchev–Trinajstić information content (AvgIpc) is 3.23. The normalized spacial score (nSPS) is 34.0. The van der Waals surface area contributed by atoms with E-state index in [0.717, 1.165) is 12.0 Å². The fraction of sp³-hybridized carbons (Fsp3) is 0.480. The molecule has 1 saturated carbocycles. The number of carbonyl (C=O) groups excluding carboxylic acids is 5. The molecule has 4 aliphatic rings. The van der Waals surface area contributed by atoms with Crippen LogP contribution < -0.4 is 9.47 Å². The third-order valence-corrected chi connectivity index (χ3v) is 9.60. The molecule has 13 heteroatoms. The molecule has 1 aromatic rings. The Bertz CT molecular complexity index is 1320. The van der Waals surface area contributed by atoms with E-state index in [0.29, 0.717) is 10.5 Å². The summed E-state index contributed by atoms with van der Waals surface area (Å²) in [7, 11) is 5.02. The summed E-state index contributed by atoms with van der Waals surface area (Å²) in [6, 6.07) is 2.61. The van der Waals surface area contributed by atoms with Crippen LogP contribution in [0.15, 0.2) is 23.8 Å². The van der Waals surface area contributed by atoms with Crippen LogP contribution in [-0.4, -0.2) is 82.8 Å². The summed E-state index contributed by atoms with van der Waals surface area (Å²) in [5.74, 6) is -6.95. The zero-order valence-electron chi connectivity index (χ0n) is 20.8. The summed E-state index contributed by atoms with van der Waals surface area (Å²) in [6.45, 7) is 0. The number of alkyl halides is 2. The van der Waals surface area contributed by atoms with E-state index >= 15 is 0 Å². The van der Waals surface area contributed by atoms with Crippen molar-refractivity contribution in [2.45, 2.75) is 28.5 Å². The van der Waals surface area contributed by atoms with E-state index in [-0.39, 0.29) is 35.7 Å². The smallest absolute Gasteiger partial charge is 0.423 e. The molecule has 38 heavy (non-hydrogen) atoms. The Morgan fingerprint density at radius 3 is 2.16 bits per heavy atom. The van der Waals surface area contributed by atoms with Gasteiger partial charge in [-0.3, -0.25) is 24.1 Å². The van der Waals surface area contributed by atoms with Gasteiger partial charge >= 0.3 is 6.09 Å². The lowest BCUT2D eigenvalue weighted by atomic mass is 9.56. The van der Waals surface area contributed by atoms with Gasteiger partial charge in [-0.15, -0.1) is 23.2 Å². The summed E-state index contributed by atoms with van der Waals surface area (Å²) in [4.78, 5) is 63.2. The van der Waals surface area contributed by atoms with E-state index in [9.17, 15) is 29.1 Å². The van der Waals surface area contributed by atoms with Crippen molar-refractivity contribution in [3.8, 4) is 17.2 Å². The number of rotatable bonds is 3. The Morgan fingerprint density at radius 2 is 1.61 bits per heavy atom. The predicted molar refractivity (Wildman–Crippen MR) is 131 cm³/mol. The number of allylic oxidation sites excluding steroid dienone is 2. The molecule has 1 aromatic carbocycles. The van der Waals surface area contributed by atoms with E-state index in [4.69, 9.17) is 32.7 Å². The number of ether oxygens (including phenoxy) is 3. The highest BCUT2D eigenvalue weighted by atomic mass is 35.5. The zero-order valence-corrected chi connectivity index (χ0v) is 22.3. The van der Waals surface area contributed by atoms with E-state index in [1.165, 1.54) is 33.4 Å². The molecule has 3 fully saturated rings. The summed E-state index contributed by atoms with van der Waals surface area (Å²) in [5, 5.41) is 10.2. The Hall–Kier alpha value is -3.31. The zero-order chi connectivity index (χ0) is 27.9. The van der Waals surface area contributed by atoms with Crippen molar-refractivity contribution in [3.63, 3.8) is 0 Å². The minimum Gasteiger partial charge on any atom is -0.508 e. The summed E-state index contributed by atoms with van der Waals surface area (Å²) in [6.07, 6.45) is 0.413. The monoisotopic (exact) mass is 566 g/mol. The molecule has 0 aromatic heterocycles. The van der Waals surface area contributed by atoms with Gasteiger partial charge in [-0.05, 0) is 18.8 Å². The topological polar surface area (TPSA) is 140 Å². The van der Waals surface area contributed by atoms with Gasteiger partial charge in [-0.25, -0.2) is 4.79 Å². The largest absolute Gasteiger partial charge is 0.508 e. The van der Waals surface area contributed by atoms with Crippen LogP contribution in [0.2, 0.25) is 0 Å². The minimum atomic E-state index is -2.07. The molecule has 0 bridgehead atoms. The molecule has 1 N–H and O–H groups in total. The van der Waals surface area contributed by atoms with Crippen LogP contribution in [0.25, 0.3) is 0 Å². The van der Waals surface area contributed by atoms with Crippen molar-refractivity contribution in [1.29, 1.82) is 0 Å². The van der Waals surface area contributed by atoms with Gasteiger partial charge in [-0.1, -0.05) is 11.6 Å². The van der Waals surface area contributed by atoms with Crippen molar-refractivity contribution in [3.05, 3.63) is 29.3 Å². The van der Waals surface area contributed by atoms with Gasteiger partial charge in [0.2, 0.25) is 11.8 Å². The van der Waals surface area contributed by atoms with Crippen molar-refractivity contribution in [1.82, 2.24) is 9.80 Å². The first-order chi connectivity index (χ1) is 17.9. The van der Waals surface area contributed by atoms with E-state index in [1.807, 2.05) is 0 Å². The van der Waals surface area contributed by atoms with E-state index in [1.54, 1.807) is 6.08 Å². The van der Waals surface area contributed by atoms with Crippen molar-refractivity contribution in [2.75, 3.05) is 28.4 Å². The fourth-order valence-corrected chi connectivity index (χ4v) is 7.54. The molecule has 11 nitrogen and oxygen atoms in total. The molecule has 2 heterocycles. The number of phenols is 1. The van der Waals surface area contributed by atoms with Gasteiger partial charge in [0, 0.05) is 30.7 Å².